The Balaban J connectivity index is 1.71. The minimum Gasteiger partial charge on any atom is -0.466 e. The van der Waals surface area contributed by atoms with Crippen LogP contribution in [0.1, 0.15) is 32.6 Å². The van der Waals surface area contributed by atoms with Crippen molar-refractivity contribution in [1.29, 1.82) is 0 Å². The van der Waals surface area contributed by atoms with Crippen molar-refractivity contribution in [3.63, 3.8) is 0 Å². The largest absolute Gasteiger partial charge is 0.466 e. The van der Waals surface area contributed by atoms with Crippen molar-refractivity contribution < 1.29 is 23.5 Å². The summed E-state index contributed by atoms with van der Waals surface area (Å²) >= 11 is 0. The lowest BCUT2D eigenvalue weighted by Crippen LogP contribution is -2.40. The summed E-state index contributed by atoms with van der Waals surface area (Å²) < 4.78 is 17.8. The van der Waals surface area contributed by atoms with Gasteiger partial charge in [-0.05, 0) is 44.0 Å². The zero-order valence-corrected chi connectivity index (χ0v) is 14.3. The highest BCUT2D eigenvalue weighted by Crippen LogP contribution is 2.19. The number of halogens is 1. The quantitative estimate of drug-likeness (QED) is 0.799. The molecule has 1 heterocycles. The molecule has 1 aliphatic rings. The van der Waals surface area contributed by atoms with Crippen LogP contribution in [0.25, 0.3) is 0 Å². The Morgan fingerprint density at radius 2 is 1.80 bits per heavy atom. The number of likely N-dealkylation sites (tertiary alicyclic amines) is 1. The smallest absolute Gasteiger partial charge is 0.309 e. The lowest BCUT2D eigenvalue weighted by Gasteiger charge is -2.30. The predicted octanol–water partition coefficient (Wildman–Crippen LogP) is 2.35. The molecule has 1 aromatic rings. The number of rotatable bonds is 6. The van der Waals surface area contributed by atoms with Crippen molar-refractivity contribution in [1.82, 2.24) is 4.90 Å². The number of carbonyl (C=O) groups excluding carboxylic acids is 3. The Morgan fingerprint density at radius 3 is 2.40 bits per heavy atom. The number of nitrogens with zero attached hydrogens (tertiary/aromatic N) is 1. The Morgan fingerprint density at radius 1 is 1.16 bits per heavy atom. The number of anilines is 1. The normalized spacial score (nSPS) is 14.9. The summed E-state index contributed by atoms with van der Waals surface area (Å²) in [5.74, 6) is -1.11. The van der Waals surface area contributed by atoms with Crippen LogP contribution in [0.5, 0.6) is 0 Å². The van der Waals surface area contributed by atoms with Gasteiger partial charge in [-0.3, -0.25) is 14.4 Å². The maximum atomic E-state index is 12.8. The molecule has 1 N–H and O–H groups in total. The molecule has 2 rings (SSSR count). The number of amides is 2. The summed E-state index contributed by atoms with van der Waals surface area (Å²) in [6.45, 7) is 3.14. The van der Waals surface area contributed by atoms with Gasteiger partial charge < -0.3 is 15.0 Å². The molecule has 1 aliphatic heterocycles. The van der Waals surface area contributed by atoms with Gasteiger partial charge in [-0.15, -0.1) is 0 Å². The summed E-state index contributed by atoms with van der Waals surface area (Å²) in [6.07, 6.45) is 1.35. The van der Waals surface area contributed by atoms with Crippen molar-refractivity contribution in [3.05, 3.63) is 30.1 Å². The number of ether oxygens (including phenoxy) is 1. The Labute approximate surface area is 146 Å². The number of hydrogen-bond donors (Lipinski definition) is 1. The summed E-state index contributed by atoms with van der Waals surface area (Å²) in [5, 5.41) is 2.63. The van der Waals surface area contributed by atoms with E-state index in [1.807, 2.05) is 0 Å². The molecule has 0 spiro atoms. The van der Waals surface area contributed by atoms with Crippen molar-refractivity contribution in [3.8, 4) is 0 Å². The van der Waals surface area contributed by atoms with Crippen molar-refractivity contribution in [2.24, 2.45) is 5.92 Å². The zero-order chi connectivity index (χ0) is 18.2. The lowest BCUT2D eigenvalue weighted by atomic mass is 9.96. The van der Waals surface area contributed by atoms with Gasteiger partial charge in [0.05, 0.1) is 12.5 Å². The van der Waals surface area contributed by atoms with Crippen LogP contribution < -0.4 is 5.32 Å². The average Bonchev–Trinajstić information content (AvgIpc) is 2.62. The molecule has 2 amide bonds. The molecule has 0 aliphatic carbocycles. The third-order valence-electron chi connectivity index (χ3n) is 4.16. The lowest BCUT2D eigenvalue weighted by molar-refractivity contribution is -0.151. The SMILES string of the molecule is CCOC(=O)C1CCN(C(=O)CCC(=O)Nc2ccc(F)cc2)CC1. The maximum Gasteiger partial charge on any atom is 0.309 e. The molecular weight excluding hydrogens is 327 g/mol. The highest BCUT2D eigenvalue weighted by Gasteiger charge is 2.28. The van der Waals surface area contributed by atoms with Gasteiger partial charge >= 0.3 is 5.97 Å². The van der Waals surface area contributed by atoms with Gasteiger partial charge in [0.15, 0.2) is 0 Å². The first-order valence-electron chi connectivity index (χ1n) is 8.49. The molecule has 1 saturated heterocycles. The van der Waals surface area contributed by atoms with E-state index in [9.17, 15) is 18.8 Å². The summed E-state index contributed by atoms with van der Waals surface area (Å²) in [5.41, 5.74) is 0.495. The third-order valence-corrected chi connectivity index (χ3v) is 4.16. The molecule has 0 aromatic heterocycles. The molecule has 0 radical (unpaired) electrons. The summed E-state index contributed by atoms with van der Waals surface area (Å²) in [6, 6.07) is 5.45. The molecule has 0 unspecified atom stereocenters. The van der Waals surface area contributed by atoms with Gasteiger partial charge in [0.1, 0.15) is 5.82 Å². The van der Waals surface area contributed by atoms with Crippen molar-refractivity contribution in [2.45, 2.75) is 32.6 Å². The van der Waals surface area contributed by atoms with Gasteiger partial charge in [0, 0.05) is 31.6 Å². The van der Waals surface area contributed by atoms with E-state index in [4.69, 9.17) is 4.74 Å². The minimum atomic E-state index is -0.376. The van der Waals surface area contributed by atoms with Crippen LogP contribution in [0.3, 0.4) is 0 Å². The fourth-order valence-electron chi connectivity index (χ4n) is 2.76. The van der Waals surface area contributed by atoms with E-state index in [-0.39, 0.29) is 42.4 Å². The number of benzene rings is 1. The van der Waals surface area contributed by atoms with Gasteiger partial charge in [0.2, 0.25) is 11.8 Å². The summed E-state index contributed by atoms with van der Waals surface area (Å²) in [4.78, 5) is 37.4. The topological polar surface area (TPSA) is 75.7 Å². The van der Waals surface area contributed by atoms with Crippen LogP contribution in [0.4, 0.5) is 10.1 Å². The van der Waals surface area contributed by atoms with Gasteiger partial charge in [0.25, 0.3) is 0 Å². The minimum absolute atomic E-state index is 0.0635. The second-order valence-electron chi connectivity index (χ2n) is 5.96. The van der Waals surface area contributed by atoms with E-state index in [1.165, 1.54) is 24.3 Å². The number of esters is 1. The van der Waals surface area contributed by atoms with E-state index in [0.717, 1.165) is 0 Å². The van der Waals surface area contributed by atoms with E-state index >= 15 is 0 Å². The van der Waals surface area contributed by atoms with Crippen LogP contribution in [0, 0.1) is 11.7 Å². The number of nitrogens with one attached hydrogen (secondary N) is 1. The Kier molecular flexibility index (Phi) is 6.91. The standard InChI is InChI=1S/C18H23FN2O4/c1-2-25-18(24)13-9-11-21(12-10-13)17(23)8-7-16(22)20-15-5-3-14(19)4-6-15/h3-6,13H,2,7-12H2,1H3,(H,20,22). The first-order chi connectivity index (χ1) is 12.0. The van der Waals surface area contributed by atoms with E-state index in [1.54, 1.807) is 11.8 Å². The molecule has 0 saturated carbocycles. The van der Waals surface area contributed by atoms with Crippen LogP contribution in [-0.4, -0.2) is 42.4 Å². The van der Waals surface area contributed by atoms with Crippen LogP contribution in [-0.2, 0) is 19.1 Å². The van der Waals surface area contributed by atoms with E-state index < -0.39 is 0 Å². The molecule has 25 heavy (non-hydrogen) atoms. The van der Waals surface area contributed by atoms with Gasteiger partial charge in [-0.25, -0.2) is 4.39 Å². The molecule has 1 fully saturated rings. The highest BCUT2D eigenvalue weighted by atomic mass is 19.1. The number of carbonyl (C=O) groups is 3. The third kappa shape index (κ3) is 5.85. The second-order valence-corrected chi connectivity index (χ2v) is 5.96. The molecule has 0 bridgehead atoms. The van der Waals surface area contributed by atoms with E-state index in [2.05, 4.69) is 5.32 Å². The monoisotopic (exact) mass is 350 g/mol. The maximum absolute atomic E-state index is 12.8. The number of piperidine rings is 1. The van der Waals surface area contributed by atoms with Crippen molar-refractivity contribution >= 4 is 23.5 Å². The zero-order valence-electron chi connectivity index (χ0n) is 14.3. The van der Waals surface area contributed by atoms with E-state index in [0.29, 0.717) is 38.2 Å². The molecule has 136 valence electrons. The van der Waals surface area contributed by atoms with Crippen LogP contribution >= 0.6 is 0 Å². The predicted molar refractivity (Wildman–Crippen MR) is 90.2 cm³/mol. The molecule has 0 atom stereocenters. The fourth-order valence-corrected chi connectivity index (χ4v) is 2.76. The van der Waals surface area contributed by atoms with Gasteiger partial charge in [-0.2, -0.15) is 0 Å². The average molecular weight is 350 g/mol. The molecule has 6 nitrogen and oxygen atoms in total. The first kappa shape index (κ1) is 18.9. The molecule has 1 aromatic carbocycles. The Hall–Kier alpha value is -2.44. The molecule has 7 heteroatoms. The number of hydrogen-bond acceptors (Lipinski definition) is 4. The first-order valence-corrected chi connectivity index (χ1v) is 8.49. The fraction of sp³-hybridized carbons (Fsp3) is 0.500. The van der Waals surface area contributed by atoms with Crippen molar-refractivity contribution in [2.75, 3.05) is 25.0 Å². The second kappa shape index (κ2) is 9.15. The summed E-state index contributed by atoms with van der Waals surface area (Å²) in [7, 11) is 0. The van der Waals surface area contributed by atoms with Crippen LogP contribution in [0.15, 0.2) is 24.3 Å². The molecular formula is C18H23FN2O4. The van der Waals surface area contributed by atoms with Gasteiger partial charge in [-0.1, -0.05) is 0 Å². The van der Waals surface area contributed by atoms with Crippen LogP contribution in [0.2, 0.25) is 0 Å². The Bertz CT molecular complexity index is 610. The highest BCUT2D eigenvalue weighted by molar-refractivity contribution is 5.93.